The Hall–Kier alpha value is 0.620. The van der Waals surface area contributed by atoms with Crippen LogP contribution in [-0.4, -0.2) is 56.3 Å². The Kier molecular flexibility index (Phi) is 4.94. The van der Waals surface area contributed by atoms with E-state index in [4.69, 9.17) is 24.3 Å². The van der Waals surface area contributed by atoms with Crippen LogP contribution in [0.4, 0.5) is 0 Å². The van der Waals surface area contributed by atoms with Gasteiger partial charge in [0.2, 0.25) is 0 Å². The van der Waals surface area contributed by atoms with E-state index in [1.165, 1.54) is 0 Å². The van der Waals surface area contributed by atoms with Crippen LogP contribution in [0, 0.1) is 0 Å². The average Bonchev–Trinajstić information content (AvgIpc) is 2.04. The second-order valence-corrected chi connectivity index (χ2v) is 5.30. The quantitative estimate of drug-likeness (QED) is 0.473. The number of ether oxygens (including phenoxy) is 1. The summed E-state index contributed by atoms with van der Waals surface area (Å²) in [5.74, 6) is 0. The first-order valence-corrected chi connectivity index (χ1v) is 6.42. The summed E-state index contributed by atoms with van der Waals surface area (Å²) < 4.78 is 5.06. The molecule has 0 saturated carbocycles. The molecule has 0 unspecified atom stereocenters. The largest absolute Gasteiger partial charge is 0.379 e. The Bertz CT molecular complexity index is 144. The van der Waals surface area contributed by atoms with Crippen LogP contribution in [0.3, 0.4) is 0 Å². The van der Waals surface area contributed by atoms with Crippen molar-refractivity contribution < 1.29 is 24.3 Å². The first kappa shape index (κ1) is 11.7. The third-order valence-corrected chi connectivity index (χ3v) is 4.50. The van der Waals surface area contributed by atoms with Crippen LogP contribution >= 0.6 is 16.8 Å². The monoisotopic (exact) mass is 229 g/mol. The zero-order valence-electron chi connectivity index (χ0n) is 6.94. The Morgan fingerprint density at radius 2 is 1.46 bits per heavy atom. The molecule has 0 atom stereocenters. The van der Waals surface area contributed by atoms with E-state index in [0.717, 1.165) is 0 Å². The maximum absolute atomic E-state index is 8.97. The van der Waals surface area contributed by atoms with Crippen LogP contribution in [0.2, 0.25) is 0 Å². The van der Waals surface area contributed by atoms with E-state index in [1.54, 1.807) is 4.90 Å². The number of morpholine rings is 1. The van der Waals surface area contributed by atoms with Crippen molar-refractivity contribution in [2.24, 2.45) is 0 Å². The lowest BCUT2D eigenvalue weighted by Gasteiger charge is -2.34. The first-order chi connectivity index (χ1) is 6.13. The number of rotatable bonds is 3. The van der Waals surface area contributed by atoms with E-state index in [0.29, 0.717) is 26.3 Å². The van der Waals surface area contributed by atoms with E-state index < -0.39 is 22.3 Å². The fraction of sp³-hybridized carbons (Fsp3) is 1.00. The van der Waals surface area contributed by atoms with Gasteiger partial charge in [0.05, 0.1) is 13.2 Å². The van der Waals surface area contributed by atoms with Gasteiger partial charge in [-0.05, 0) is 0 Å². The fourth-order valence-corrected chi connectivity index (χ4v) is 2.98. The smallest absolute Gasteiger partial charge is 0.193 e. The fourth-order valence-electron chi connectivity index (χ4n) is 1.19. The standard InChI is InChI=1S/C5H13NO5P2/c7-12(8)5(13(9)10)6-1-3-11-4-2-6/h5,7-10H,1-4H2. The summed E-state index contributed by atoms with van der Waals surface area (Å²) in [4.78, 5) is 37.5. The lowest BCUT2D eigenvalue weighted by molar-refractivity contribution is 0.0382. The topological polar surface area (TPSA) is 93.4 Å². The van der Waals surface area contributed by atoms with E-state index in [1.807, 2.05) is 0 Å². The average molecular weight is 229 g/mol. The van der Waals surface area contributed by atoms with Gasteiger partial charge in [-0.1, -0.05) is 0 Å². The molecule has 0 aliphatic carbocycles. The van der Waals surface area contributed by atoms with E-state index in [9.17, 15) is 0 Å². The second-order valence-electron chi connectivity index (χ2n) is 2.64. The molecule has 0 aromatic rings. The highest BCUT2D eigenvalue weighted by atomic mass is 31.2. The van der Waals surface area contributed by atoms with Gasteiger partial charge in [0.25, 0.3) is 0 Å². The minimum atomic E-state index is -2.33. The van der Waals surface area contributed by atoms with Crippen LogP contribution in [0.5, 0.6) is 0 Å². The molecule has 13 heavy (non-hydrogen) atoms. The molecule has 4 N–H and O–H groups in total. The summed E-state index contributed by atoms with van der Waals surface area (Å²) >= 11 is 0. The van der Waals surface area contributed by atoms with E-state index in [-0.39, 0.29) is 0 Å². The maximum atomic E-state index is 8.97. The molecule has 1 saturated heterocycles. The summed E-state index contributed by atoms with van der Waals surface area (Å²) in [6.07, 6.45) is 0. The van der Waals surface area contributed by atoms with Crippen LogP contribution in [-0.2, 0) is 4.74 Å². The summed E-state index contributed by atoms with van der Waals surface area (Å²) in [5, 5.41) is 0. The van der Waals surface area contributed by atoms with Crippen molar-refractivity contribution >= 4 is 16.8 Å². The summed E-state index contributed by atoms with van der Waals surface area (Å²) in [5.41, 5.74) is -0.922. The maximum Gasteiger partial charge on any atom is 0.193 e. The molecule has 0 spiro atoms. The van der Waals surface area contributed by atoms with Gasteiger partial charge in [0.15, 0.2) is 16.8 Å². The first-order valence-electron chi connectivity index (χ1n) is 3.78. The van der Waals surface area contributed by atoms with Gasteiger partial charge in [0, 0.05) is 13.1 Å². The lowest BCUT2D eigenvalue weighted by Crippen LogP contribution is -2.41. The molecular formula is C5H13NO5P2. The van der Waals surface area contributed by atoms with Crippen LogP contribution in [0.25, 0.3) is 0 Å². The van der Waals surface area contributed by atoms with Crippen molar-refractivity contribution in [3.63, 3.8) is 0 Å². The third-order valence-electron chi connectivity index (χ3n) is 1.79. The molecule has 1 aliphatic rings. The highest BCUT2D eigenvalue weighted by molar-refractivity contribution is 7.64. The predicted molar refractivity (Wildman–Crippen MR) is 48.9 cm³/mol. The molecule has 1 aliphatic heterocycles. The van der Waals surface area contributed by atoms with E-state index >= 15 is 0 Å². The second kappa shape index (κ2) is 5.49. The normalized spacial score (nSPS) is 20.5. The third kappa shape index (κ3) is 3.35. The van der Waals surface area contributed by atoms with Gasteiger partial charge in [-0.15, -0.1) is 0 Å². The van der Waals surface area contributed by atoms with Crippen LogP contribution in [0.1, 0.15) is 0 Å². The van der Waals surface area contributed by atoms with Gasteiger partial charge >= 0.3 is 0 Å². The minimum Gasteiger partial charge on any atom is -0.379 e. The molecule has 1 heterocycles. The number of nitrogens with zero attached hydrogens (tertiary/aromatic N) is 1. The molecule has 8 heteroatoms. The van der Waals surface area contributed by atoms with Crippen molar-refractivity contribution in [1.82, 2.24) is 4.90 Å². The molecule has 0 bridgehead atoms. The van der Waals surface area contributed by atoms with Gasteiger partial charge in [0.1, 0.15) is 5.52 Å². The van der Waals surface area contributed by atoms with E-state index in [2.05, 4.69) is 0 Å². The van der Waals surface area contributed by atoms with Crippen molar-refractivity contribution in [3.8, 4) is 0 Å². The van der Waals surface area contributed by atoms with Gasteiger partial charge in [-0.25, -0.2) is 0 Å². The molecular weight excluding hydrogens is 216 g/mol. The molecule has 0 aromatic carbocycles. The molecule has 6 nitrogen and oxygen atoms in total. The molecule has 1 fully saturated rings. The van der Waals surface area contributed by atoms with Crippen LogP contribution < -0.4 is 0 Å². The number of hydrogen-bond acceptors (Lipinski definition) is 6. The van der Waals surface area contributed by atoms with Gasteiger partial charge in [-0.3, -0.25) is 4.90 Å². The lowest BCUT2D eigenvalue weighted by atomic mass is 10.5. The highest BCUT2D eigenvalue weighted by Gasteiger charge is 2.33. The molecule has 78 valence electrons. The SMILES string of the molecule is OP(O)C(N1CCOCC1)P(O)O. The summed E-state index contributed by atoms with van der Waals surface area (Å²) in [6.45, 7) is 1.99. The molecule has 0 radical (unpaired) electrons. The molecule has 0 amide bonds. The van der Waals surface area contributed by atoms with Crippen molar-refractivity contribution in [1.29, 1.82) is 0 Å². The molecule has 1 rings (SSSR count). The Labute approximate surface area is 78.6 Å². The Balaban J connectivity index is 2.52. The van der Waals surface area contributed by atoms with Crippen LogP contribution in [0.15, 0.2) is 0 Å². The van der Waals surface area contributed by atoms with Crippen molar-refractivity contribution in [3.05, 3.63) is 0 Å². The highest BCUT2D eigenvalue weighted by Crippen LogP contribution is 2.50. The van der Waals surface area contributed by atoms with Crippen molar-refractivity contribution in [2.75, 3.05) is 26.3 Å². The summed E-state index contributed by atoms with van der Waals surface area (Å²) in [7, 11) is -4.65. The number of hydrogen-bond donors (Lipinski definition) is 4. The zero-order chi connectivity index (χ0) is 9.84. The van der Waals surface area contributed by atoms with Gasteiger partial charge in [-0.2, -0.15) is 0 Å². The minimum absolute atomic E-state index is 0.489. The Morgan fingerprint density at radius 1 is 1.00 bits per heavy atom. The zero-order valence-corrected chi connectivity index (χ0v) is 8.73. The summed E-state index contributed by atoms with van der Waals surface area (Å²) in [6, 6.07) is 0. The molecule has 0 aromatic heterocycles. The Morgan fingerprint density at radius 3 is 1.85 bits per heavy atom. The predicted octanol–water partition coefficient (Wildman–Crippen LogP) is -0.805. The van der Waals surface area contributed by atoms with Crippen molar-refractivity contribution in [2.45, 2.75) is 5.52 Å². The van der Waals surface area contributed by atoms with Gasteiger partial charge < -0.3 is 24.3 Å².